The van der Waals surface area contributed by atoms with Crippen molar-refractivity contribution in [1.29, 1.82) is 0 Å². The maximum atomic E-state index is 12.6. The van der Waals surface area contributed by atoms with Gasteiger partial charge in [-0.3, -0.25) is 0 Å². The molecule has 130 valence electrons. The summed E-state index contributed by atoms with van der Waals surface area (Å²) in [5, 5.41) is 29.6. The van der Waals surface area contributed by atoms with Crippen LogP contribution in [-0.4, -0.2) is 38.7 Å². The van der Waals surface area contributed by atoms with Gasteiger partial charge in [0, 0.05) is 5.56 Å². The van der Waals surface area contributed by atoms with Gasteiger partial charge in [0.1, 0.15) is 11.6 Å². The average molecular weight is 341 g/mol. The first-order chi connectivity index (χ1) is 11.0. The summed E-state index contributed by atoms with van der Waals surface area (Å²) in [5.74, 6) is 0.148. The van der Waals surface area contributed by atoms with Crippen molar-refractivity contribution in [3.63, 3.8) is 0 Å². The zero-order valence-electron chi connectivity index (χ0n) is 13.4. The fraction of sp³-hybridized carbons (Fsp3) is 0.375. The highest BCUT2D eigenvalue weighted by molar-refractivity contribution is 5.71. The molecule has 0 unspecified atom stereocenters. The SMILES string of the molecule is Cc1cc(C)c(-c2ccc(NC[C@](C)(O)C(F)(F)F)nn2)c(O)c1. The summed E-state index contributed by atoms with van der Waals surface area (Å²) in [6.45, 7) is 3.59. The third kappa shape index (κ3) is 3.76. The second-order valence-corrected chi connectivity index (χ2v) is 5.90. The van der Waals surface area contributed by atoms with Crippen molar-refractivity contribution in [3.8, 4) is 17.0 Å². The summed E-state index contributed by atoms with van der Waals surface area (Å²) in [5.41, 5.74) is -0.254. The van der Waals surface area contributed by atoms with E-state index in [1.807, 2.05) is 19.9 Å². The van der Waals surface area contributed by atoms with Crippen LogP contribution < -0.4 is 5.32 Å². The number of aliphatic hydroxyl groups is 1. The molecule has 3 N–H and O–H groups in total. The Labute approximate surface area is 137 Å². The van der Waals surface area contributed by atoms with Gasteiger partial charge in [0.25, 0.3) is 0 Å². The Morgan fingerprint density at radius 2 is 1.79 bits per heavy atom. The number of nitrogens with zero attached hydrogens (tertiary/aromatic N) is 2. The summed E-state index contributed by atoms with van der Waals surface area (Å²) in [7, 11) is 0. The number of halogens is 3. The van der Waals surface area contributed by atoms with E-state index in [9.17, 15) is 23.4 Å². The first kappa shape index (κ1) is 18.0. The van der Waals surface area contributed by atoms with Gasteiger partial charge in [-0.05, 0) is 50.1 Å². The molecule has 0 aliphatic carbocycles. The van der Waals surface area contributed by atoms with Gasteiger partial charge < -0.3 is 15.5 Å². The number of hydrogen-bond donors (Lipinski definition) is 3. The highest BCUT2D eigenvalue weighted by Gasteiger charge is 2.49. The van der Waals surface area contributed by atoms with Crippen molar-refractivity contribution in [3.05, 3.63) is 35.4 Å². The zero-order valence-corrected chi connectivity index (χ0v) is 13.4. The second-order valence-electron chi connectivity index (χ2n) is 5.90. The molecule has 0 saturated carbocycles. The summed E-state index contributed by atoms with van der Waals surface area (Å²) in [6, 6.07) is 6.45. The molecule has 0 amide bonds. The summed E-state index contributed by atoms with van der Waals surface area (Å²) in [6.07, 6.45) is -4.75. The second kappa shape index (κ2) is 6.27. The standard InChI is InChI=1S/C16H18F3N3O2/c1-9-6-10(2)14(12(23)7-9)11-4-5-13(22-21-11)20-8-15(3,24)16(17,18)19/h4-7,23-24H,8H2,1-3H3,(H,20,22)/t15-/m0/s1. The fourth-order valence-electron chi connectivity index (χ4n) is 2.20. The van der Waals surface area contributed by atoms with Gasteiger partial charge >= 0.3 is 6.18 Å². The largest absolute Gasteiger partial charge is 0.507 e. The van der Waals surface area contributed by atoms with Gasteiger partial charge in [-0.15, -0.1) is 10.2 Å². The lowest BCUT2D eigenvalue weighted by Gasteiger charge is -2.26. The zero-order chi connectivity index (χ0) is 18.1. The predicted molar refractivity (Wildman–Crippen MR) is 83.8 cm³/mol. The minimum atomic E-state index is -4.75. The number of benzene rings is 1. The Hall–Kier alpha value is -2.35. The van der Waals surface area contributed by atoms with Crippen LogP contribution in [0.3, 0.4) is 0 Å². The molecule has 2 rings (SSSR count). The molecule has 5 nitrogen and oxygen atoms in total. The molecule has 1 aromatic carbocycles. The Morgan fingerprint density at radius 3 is 2.29 bits per heavy atom. The number of aromatic hydroxyl groups is 1. The van der Waals surface area contributed by atoms with Crippen LogP contribution in [0.2, 0.25) is 0 Å². The molecular weight excluding hydrogens is 323 g/mol. The van der Waals surface area contributed by atoms with Gasteiger partial charge in [0.2, 0.25) is 0 Å². The lowest BCUT2D eigenvalue weighted by Crippen LogP contribution is -2.47. The van der Waals surface area contributed by atoms with Crippen molar-refractivity contribution in [1.82, 2.24) is 10.2 Å². The van der Waals surface area contributed by atoms with Crippen molar-refractivity contribution >= 4 is 5.82 Å². The van der Waals surface area contributed by atoms with Crippen LogP contribution in [0.1, 0.15) is 18.1 Å². The molecule has 2 aromatic rings. The summed E-state index contributed by atoms with van der Waals surface area (Å²) in [4.78, 5) is 0. The van der Waals surface area contributed by atoms with E-state index < -0.39 is 18.3 Å². The molecule has 0 bridgehead atoms. The van der Waals surface area contributed by atoms with Gasteiger partial charge in [-0.25, -0.2) is 0 Å². The Morgan fingerprint density at radius 1 is 1.12 bits per heavy atom. The highest BCUT2D eigenvalue weighted by atomic mass is 19.4. The number of aryl methyl sites for hydroxylation is 2. The van der Waals surface area contributed by atoms with E-state index in [0.29, 0.717) is 18.2 Å². The lowest BCUT2D eigenvalue weighted by molar-refractivity contribution is -0.246. The molecule has 0 aliphatic heterocycles. The van der Waals surface area contributed by atoms with E-state index >= 15 is 0 Å². The van der Waals surface area contributed by atoms with E-state index in [4.69, 9.17) is 0 Å². The van der Waals surface area contributed by atoms with E-state index in [0.717, 1.165) is 11.1 Å². The number of nitrogens with one attached hydrogen (secondary N) is 1. The number of phenols is 1. The van der Waals surface area contributed by atoms with Crippen LogP contribution in [0.4, 0.5) is 19.0 Å². The van der Waals surface area contributed by atoms with Crippen molar-refractivity contribution in [2.45, 2.75) is 32.5 Å². The van der Waals surface area contributed by atoms with Crippen LogP contribution in [0.15, 0.2) is 24.3 Å². The first-order valence-corrected chi connectivity index (χ1v) is 7.18. The normalized spacial score (nSPS) is 14.3. The smallest absolute Gasteiger partial charge is 0.418 e. The van der Waals surface area contributed by atoms with Crippen molar-refractivity contribution in [2.24, 2.45) is 0 Å². The van der Waals surface area contributed by atoms with Crippen LogP contribution >= 0.6 is 0 Å². The number of hydrogen-bond acceptors (Lipinski definition) is 5. The molecule has 1 heterocycles. The number of alkyl halides is 3. The molecule has 1 atom stereocenters. The molecule has 0 aliphatic rings. The first-order valence-electron chi connectivity index (χ1n) is 7.18. The maximum Gasteiger partial charge on any atom is 0.418 e. The van der Waals surface area contributed by atoms with E-state index in [-0.39, 0.29) is 11.6 Å². The van der Waals surface area contributed by atoms with Crippen LogP contribution in [0.25, 0.3) is 11.3 Å². The third-order valence-electron chi connectivity index (χ3n) is 3.60. The number of anilines is 1. The maximum absolute atomic E-state index is 12.6. The molecule has 0 fully saturated rings. The minimum absolute atomic E-state index is 0.0579. The van der Waals surface area contributed by atoms with Crippen LogP contribution in [0.5, 0.6) is 5.75 Å². The molecule has 8 heteroatoms. The van der Waals surface area contributed by atoms with Crippen molar-refractivity contribution in [2.75, 3.05) is 11.9 Å². The number of rotatable bonds is 4. The summed E-state index contributed by atoms with van der Waals surface area (Å²) < 4.78 is 37.8. The molecular formula is C16H18F3N3O2. The van der Waals surface area contributed by atoms with E-state index in [1.54, 1.807) is 6.07 Å². The van der Waals surface area contributed by atoms with Crippen LogP contribution in [-0.2, 0) is 0 Å². The number of phenolic OH excluding ortho intramolecular Hbond substituents is 1. The quantitative estimate of drug-likeness (QED) is 0.796. The van der Waals surface area contributed by atoms with Gasteiger partial charge in [0.05, 0.1) is 12.2 Å². The monoisotopic (exact) mass is 341 g/mol. The van der Waals surface area contributed by atoms with Gasteiger partial charge in [-0.1, -0.05) is 6.07 Å². The average Bonchev–Trinajstić information content (AvgIpc) is 2.44. The molecule has 0 radical (unpaired) electrons. The predicted octanol–water partition coefficient (Wildman–Crippen LogP) is 3.19. The highest BCUT2D eigenvalue weighted by Crippen LogP contribution is 2.33. The molecule has 24 heavy (non-hydrogen) atoms. The molecule has 0 saturated heterocycles. The Kier molecular flexibility index (Phi) is 4.70. The topological polar surface area (TPSA) is 78.3 Å². The van der Waals surface area contributed by atoms with Gasteiger partial charge in [-0.2, -0.15) is 13.2 Å². The molecule has 1 aromatic heterocycles. The Balaban J connectivity index is 2.18. The number of aromatic nitrogens is 2. The van der Waals surface area contributed by atoms with Crippen LogP contribution in [0, 0.1) is 13.8 Å². The van der Waals surface area contributed by atoms with Crippen molar-refractivity contribution < 1.29 is 23.4 Å². The van der Waals surface area contributed by atoms with Gasteiger partial charge in [0.15, 0.2) is 5.60 Å². The lowest BCUT2D eigenvalue weighted by atomic mass is 10.0. The Bertz CT molecular complexity index is 705. The van der Waals surface area contributed by atoms with E-state index in [2.05, 4.69) is 15.5 Å². The van der Waals surface area contributed by atoms with E-state index in [1.165, 1.54) is 12.1 Å². The fourth-order valence-corrected chi connectivity index (χ4v) is 2.20. The summed E-state index contributed by atoms with van der Waals surface area (Å²) >= 11 is 0. The molecule has 0 spiro atoms. The minimum Gasteiger partial charge on any atom is -0.507 e. The third-order valence-corrected chi connectivity index (χ3v) is 3.60.